The van der Waals surface area contributed by atoms with Crippen molar-refractivity contribution in [2.45, 2.75) is 19.5 Å². The van der Waals surface area contributed by atoms with Gasteiger partial charge in [-0.05, 0) is 60.2 Å². The monoisotopic (exact) mass is 414 g/mol. The maximum atomic E-state index is 12.3. The number of hydrogen-bond acceptors (Lipinski definition) is 3. The van der Waals surface area contributed by atoms with Crippen LogP contribution in [0, 0.1) is 0 Å². The summed E-state index contributed by atoms with van der Waals surface area (Å²) in [5, 5.41) is 2.92. The Hall–Kier alpha value is -1.11. The fourth-order valence-electron chi connectivity index (χ4n) is 1.81. The zero-order valence-electron chi connectivity index (χ0n) is 11.8. The van der Waals surface area contributed by atoms with Gasteiger partial charge in [0.15, 0.2) is 0 Å². The number of amides is 1. The van der Waals surface area contributed by atoms with Gasteiger partial charge in [0.2, 0.25) is 5.91 Å². The van der Waals surface area contributed by atoms with E-state index in [2.05, 4.69) is 37.2 Å². The van der Waals surface area contributed by atoms with E-state index >= 15 is 0 Å². The van der Waals surface area contributed by atoms with Crippen molar-refractivity contribution in [3.05, 3.63) is 51.3 Å². The van der Waals surface area contributed by atoms with E-state index in [0.29, 0.717) is 6.54 Å². The highest BCUT2D eigenvalue weighted by Gasteiger charge is 2.19. The van der Waals surface area contributed by atoms with Crippen LogP contribution in [-0.2, 0) is 11.3 Å². The number of hydrogen-bond donors (Lipinski definition) is 1. The fraction of sp³-hybridized carbons (Fsp3) is 0.267. The number of anilines is 1. The predicted octanol–water partition coefficient (Wildman–Crippen LogP) is 4.26. The number of carbonyl (C=O) groups is 1. The second-order valence-corrected chi connectivity index (χ2v) is 6.55. The molecule has 1 atom stereocenters. The second-order valence-electron chi connectivity index (χ2n) is 4.78. The van der Waals surface area contributed by atoms with Crippen LogP contribution < -0.4 is 5.32 Å². The molecule has 1 amide bonds. The minimum absolute atomic E-state index is 0.0629. The number of carbonyl (C=O) groups excluding carboxylic acids is 1. The van der Waals surface area contributed by atoms with Crippen LogP contribution in [0.25, 0.3) is 0 Å². The molecule has 0 aliphatic heterocycles. The molecule has 0 fully saturated rings. The first kappa shape index (κ1) is 16.3. The van der Waals surface area contributed by atoms with Gasteiger partial charge in [0.25, 0.3) is 0 Å². The molecule has 1 heterocycles. The molecule has 1 N–H and O–H groups in total. The quantitative estimate of drug-likeness (QED) is 0.793. The Bertz CT molecular complexity index is 614. The van der Waals surface area contributed by atoms with Gasteiger partial charge in [-0.2, -0.15) is 0 Å². The topological polar surface area (TPSA) is 45.5 Å². The van der Waals surface area contributed by atoms with Crippen LogP contribution in [0.1, 0.15) is 12.7 Å². The summed E-state index contributed by atoms with van der Waals surface area (Å²) in [4.78, 5) is 14.2. The van der Waals surface area contributed by atoms with Gasteiger partial charge in [-0.3, -0.25) is 9.69 Å². The first-order chi connectivity index (χ1) is 9.97. The van der Waals surface area contributed by atoms with E-state index in [1.807, 2.05) is 49.2 Å². The third-order valence-corrected chi connectivity index (χ3v) is 4.36. The van der Waals surface area contributed by atoms with Crippen molar-refractivity contribution in [3.63, 3.8) is 0 Å². The SMILES string of the molecule is CC(C(=O)Nc1ccc(Br)cc1Br)N(C)Cc1ccco1. The molecule has 4 nitrogen and oxygen atoms in total. The van der Waals surface area contributed by atoms with Crippen molar-refractivity contribution in [2.24, 2.45) is 0 Å². The Morgan fingerprint density at radius 3 is 2.76 bits per heavy atom. The third-order valence-electron chi connectivity index (χ3n) is 3.21. The molecular weight excluding hydrogens is 400 g/mol. The third kappa shape index (κ3) is 4.43. The number of nitrogens with zero attached hydrogens (tertiary/aromatic N) is 1. The van der Waals surface area contributed by atoms with Crippen LogP contribution in [0.3, 0.4) is 0 Å². The summed E-state index contributed by atoms with van der Waals surface area (Å²) in [5.74, 6) is 0.772. The normalized spacial score (nSPS) is 12.4. The van der Waals surface area contributed by atoms with E-state index in [4.69, 9.17) is 4.42 Å². The van der Waals surface area contributed by atoms with Crippen molar-refractivity contribution < 1.29 is 9.21 Å². The Morgan fingerprint density at radius 1 is 1.38 bits per heavy atom. The zero-order chi connectivity index (χ0) is 15.4. The molecule has 0 aliphatic rings. The Kier molecular flexibility index (Phi) is 5.61. The minimum atomic E-state index is -0.273. The van der Waals surface area contributed by atoms with E-state index in [-0.39, 0.29) is 11.9 Å². The van der Waals surface area contributed by atoms with E-state index in [1.54, 1.807) is 6.26 Å². The first-order valence-corrected chi connectivity index (χ1v) is 8.04. The highest BCUT2D eigenvalue weighted by molar-refractivity contribution is 9.11. The molecule has 1 unspecified atom stereocenters. The van der Waals surface area contributed by atoms with Crippen molar-refractivity contribution in [2.75, 3.05) is 12.4 Å². The van der Waals surface area contributed by atoms with E-state index in [1.165, 1.54) is 0 Å². The van der Waals surface area contributed by atoms with Gasteiger partial charge in [-0.15, -0.1) is 0 Å². The van der Waals surface area contributed by atoms with Gasteiger partial charge in [0, 0.05) is 8.95 Å². The van der Waals surface area contributed by atoms with Gasteiger partial charge >= 0.3 is 0 Å². The van der Waals surface area contributed by atoms with Crippen LogP contribution in [0.4, 0.5) is 5.69 Å². The number of furan rings is 1. The highest BCUT2D eigenvalue weighted by Crippen LogP contribution is 2.26. The summed E-state index contributed by atoms with van der Waals surface area (Å²) in [6, 6.07) is 9.10. The van der Waals surface area contributed by atoms with Crippen LogP contribution in [0.15, 0.2) is 50.0 Å². The molecule has 112 valence electrons. The lowest BCUT2D eigenvalue weighted by molar-refractivity contribution is -0.120. The van der Waals surface area contributed by atoms with Gasteiger partial charge in [0.1, 0.15) is 5.76 Å². The molecule has 0 bridgehead atoms. The summed E-state index contributed by atoms with van der Waals surface area (Å²) < 4.78 is 7.09. The van der Waals surface area contributed by atoms with E-state index in [9.17, 15) is 4.79 Å². The summed E-state index contributed by atoms with van der Waals surface area (Å²) in [6.07, 6.45) is 1.63. The molecule has 21 heavy (non-hydrogen) atoms. The van der Waals surface area contributed by atoms with Crippen molar-refractivity contribution in [3.8, 4) is 0 Å². The van der Waals surface area contributed by atoms with Crippen LogP contribution in [-0.4, -0.2) is 23.9 Å². The zero-order valence-corrected chi connectivity index (χ0v) is 14.9. The summed E-state index contributed by atoms with van der Waals surface area (Å²) in [7, 11) is 1.89. The predicted molar refractivity (Wildman–Crippen MR) is 90.1 cm³/mol. The maximum Gasteiger partial charge on any atom is 0.241 e. The lowest BCUT2D eigenvalue weighted by atomic mass is 10.2. The number of nitrogens with one attached hydrogen (secondary N) is 1. The molecule has 0 saturated carbocycles. The molecule has 6 heteroatoms. The smallest absolute Gasteiger partial charge is 0.241 e. The minimum Gasteiger partial charge on any atom is -0.468 e. The standard InChI is InChI=1S/C15H16Br2N2O2/c1-10(19(2)9-12-4-3-7-21-12)15(20)18-14-6-5-11(16)8-13(14)17/h3-8,10H,9H2,1-2H3,(H,18,20). The van der Waals surface area contributed by atoms with E-state index < -0.39 is 0 Å². The molecule has 1 aromatic carbocycles. The van der Waals surface area contributed by atoms with Gasteiger partial charge in [0.05, 0.1) is 24.5 Å². The average molecular weight is 416 g/mol. The summed E-state index contributed by atoms with van der Waals surface area (Å²) >= 11 is 6.82. The first-order valence-electron chi connectivity index (χ1n) is 6.46. The lowest BCUT2D eigenvalue weighted by Crippen LogP contribution is -2.39. The summed E-state index contributed by atoms with van der Waals surface area (Å²) in [6.45, 7) is 2.45. The molecule has 0 spiro atoms. The largest absolute Gasteiger partial charge is 0.468 e. The number of halogens is 2. The van der Waals surface area contributed by atoms with Crippen molar-refractivity contribution in [1.29, 1.82) is 0 Å². The molecule has 0 radical (unpaired) electrons. The van der Waals surface area contributed by atoms with Gasteiger partial charge in [-0.1, -0.05) is 15.9 Å². The van der Waals surface area contributed by atoms with Crippen molar-refractivity contribution >= 4 is 43.5 Å². The Labute approximate surface area is 140 Å². The van der Waals surface area contributed by atoms with Crippen molar-refractivity contribution in [1.82, 2.24) is 4.90 Å². The molecule has 1 aromatic heterocycles. The summed E-state index contributed by atoms with van der Waals surface area (Å²) in [5.41, 5.74) is 0.751. The molecule has 2 rings (SSSR count). The fourth-order valence-corrected chi connectivity index (χ4v) is 2.96. The van der Waals surface area contributed by atoms with Crippen LogP contribution in [0.5, 0.6) is 0 Å². The van der Waals surface area contributed by atoms with E-state index in [0.717, 1.165) is 20.4 Å². The molecule has 0 saturated heterocycles. The van der Waals surface area contributed by atoms with Gasteiger partial charge in [-0.25, -0.2) is 0 Å². The van der Waals surface area contributed by atoms with Crippen LogP contribution in [0.2, 0.25) is 0 Å². The Morgan fingerprint density at radius 2 is 2.14 bits per heavy atom. The molecule has 0 aliphatic carbocycles. The second kappa shape index (κ2) is 7.24. The number of likely N-dealkylation sites (N-methyl/N-ethyl adjacent to an activating group) is 1. The molecular formula is C15H16Br2N2O2. The number of benzene rings is 1. The average Bonchev–Trinajstić information content (AvgIpc) is 2.93. The number of rotatable bonds is 5. The molecule has 2 aromatic rings. The highest BCUT2D eigenvalue weighted by atomic mass is 79.9. The Balaban J connectivity index is 1.98. The maximum absolute atomic E-state index is 12.3. The lowest BCUT2D eigenvalue weighted by Gasteiger charge is -2.23. The van der Waals surface area contributed by atoms with Crippen LogP contribution >= 0.6 is 31.9 Å². The van der Waals surface area contributed by atoms with Gasteiger partial charge < -0.3 is 9.73 Å².